The van der Waals surface area contributed by atoms with Crippen LogP contribution in [0.2, 0.25) is 0 Å². The average molecular weight is 303 g/mol. The van der Waals surface area contributed by atoms with Gasteiger partial charge in [-0.3, -0.25) is 0 Å². The zero-order chi connectivity index (χ0) is 15.7. The zero-order valence-electron chi connectivity index (χ0n) is 12.7. The molecule has 0 bridgehead atoms. The Kier molecular flexibility index (Phi) is 7.57. The maximum Gasteiger partial charge on any atom is 0.573 e. The van der Waals surface area contributed by atoms with Crippen molar-refractivity contribution in [3.63, 3.8) is 0 Å². The van der Waals surface area contributed by atoms with E-state index in [0.717, 1.165) is 44.2 Å². The predicted molar refractivity (Wildman–Crippen MR) is 78.4 cm³/mol. The van der Waals surface area contributed by atoms with Crippen LogP contribution in [0.3, 0.4) is 0 Å². The number of hydrogen-bond donors (Lipinski definition) is 1. The second kappa shape index (κ2) is 8.93. The number of nitrogens with one attached hydrogen (secondary N) is 1. The fourth-order valence-corrected chi connectivity index (χ4v) is 2.28. The molecule has 0 heterocycles. The summed E-state index contributed by atoms with van der Waals surface area (Å²) in [5.74, 6) is -0.145. The van der Waals surface area contributed by atoms with E-state index in [2.05, 4.69) is 23.9 Å². The number of rotatable bonds is 9. The fraction of sp³-hybridized carbons (Fsp3) is 0.625. The second-order valence-corrected chi connectivity index (χ2v) is 5.17. The summed E-state index contributed by atoms with van der Waals surface area (Å²) in [5.41, 5.74) is 0.871. The van der Waals surface area contributed by atoms with Gasteiger partial charge >= 0.3 is 6.36 Å². The lowest BCUT2D eigenvalue weighted by Crippen LogP contribution is -2.30. The van der Waals surface area contributed by atoms with Gasteiger partial charge in [-0.2, -0.15) is 0 Å². The third-order valence-electron chi connectivity index (χ3n) is 3.23. The largest absolute Gasteiger partial charge is 0.573 e. The molecule has 0 spiro atoms. The summed E-state index contributed by atoms with van der Waals surface area (Å²) in [4.78, 5) is 0. The molecular weight excluding hydrogens is 279 g/mol. The van der Waals surface area contributed by atoms with E-state index in [9.17, 15) is 13.2 Å². The topological polar surface area (TPSA) is 21.3 Å². The van der Waals surface area contributed by atoms with Crippen LogP contribution in [0.5, 0.6) is 5.75 Å². The Morgan fingerprint density at radius 2 is 1.90 bits per heavy atom. The molecule has 1 aromatic rings. The van der Waals surface area contributed by atoms with Gasteiger partial charge in [-0.15, -0.1) is 13.2 Å². The molecule has 0 saturated heterocycles. The number of ether oxygens (including phenoxy) is 1. The van der Waals surface area contributed by atoms with Gasteiger partial charge in [0, 0.05) is 6.04 Å². The highest BCUT2D eigenvalue weighted by Crippen LogP contribution is 2.24. The minimum absolute atomic E-state index is 0.145. The second-order valence-electron chi connectivity index (χ2n) is 5.17. The summed E-state index contributed by atoms with van der Waals surface area (Å²) >= 11 is 0. The molecule has 1 N–H and O–H groups in total. The number of aryl methyl sites for hydroxylation is 1. The fourth-order valence-electron chi connectivity index (χ4n) is 2.28. The highest BCUT2D eigenvalue weighted by Gasteiger charge is 2.31. The van der Waals surface area contributed by atoms with Crippen LogP contribution in [0.25, 0.3) is 0 Å². The van der Waals surface area contributed by atoms with Crippen molar-refractivity contribution in [2.75, 3.05) is 6.54 Å². The SMILES string of the molecule is CCCNC(CCC)CCc1cccc(OC(F)(F)F)c1. The molecule has 0 aliphatic heterocycles. The molecule has 1 rings (SSSR count). The van der Waals surface area contributed by atoms with E-state index in [1.165, 1.54) is 12.1 Å². The maximum absolute atomic E-state index is 12.2. The standard InChI is InChI=1S/C16H24F3NO/c1-3-6-14(20-11-4-2)10-9-13-7-5-8-15(12-13)21-16(17,18)19/h5,7-8,12,14,20H,3-4,6,9-11H2,1-2H3. The number of alkyl halides is 3. The predicted octanol–water partition coefficient (Wildman–Crippen LogP) is 4.69. The van der Waals surface area contributed by atoms with Gasteiger partial charge in [-0.25, -0.2) is 0 Å². The van der Waals surface area contributed by atoms with Gasteiger partial charge in [0.25, 0.3) is 0 Å². The molecule has 5 heteroatoms. The molecule has 0 amide bonds. The van der Waals surface area contributed by atoms with Crippen molar-refractivity contribution in [3.8, 4) is 5.75 Å². The minimum atomic E-state index is -4.63. The summed E-state index contributed by atoms with van der Waals surface area (Å²) < 4.78 is 40.5. The maximum atomic E-state index is 12.2. The van der Waals surface area contributed by atoms with E-state index in [1.54, 1.807) is 6.07 Å². The summed E-state index contributed by atoms with van der Waals surface area (Å²) in [6, 6.07) is 6.66. The van der Waals surface area contributed by atoms with Gasteiger partial charge in [0.15, 0.2) is 0 Å². The summed E-state index contributed by atoms with van der Waals surface area (Å²) in [6.45, 7) is 5.23. The quantitative estimate of drug-likeness (QED) is 0.715. The van der Waals surface area contributed by atoms with E-state index in [1.807, 2.05) is 6.07 Å². The lowest BCUT2D eigenvalue weighted by Gasteiger charge is -2.18. The zero-order valence-corrected chi connectivity index (χ0v) is 12.7. The molecule has 1 aromatic carbocycles. The highest BCUT2D eigenvalue weighted by atomic mass is 19.4. The van der Waals surface area contributed by atoms with Gasteiger partial charge < -0.3 is 10.1 Å². The van der Waals surface area contributed by atoms with Crippen molar-refractivity contribution in [3.05, 3.63) is 29.8 Å². The molecular formula is C16H24F3NO. The summed E-state index contributed by atoms with van der Waals surface area (Å²) in [7, 11) is 0. The van der Waals surface area contributed by atoms with Crippen molar-refractivity contribution in [1.29, 1.82) is 0 Å². The third kappa shape index (κ3) is 7.95. The van der Waals surface area contributed by atoms with Gasteiger partial charge in [-0.1, -0.05) is 32.4 Å². The lowest BCUT2D eigenvalue weighted by atomic mass is 10.0. The summed E-state index contributed by atoms with van der Waals surface area (Å²) in [5, 5.41) is 3.48. The molecule has 0 aromatic heterocycles. The van der Waals surface area contributed by atoms with E-state index in [4.69, 9.17) is 0 Å². The molecule has 0 aliphatic carbocycles. The van der Waals surface area contributed by atoms with Crippen molar-refractivity contribution in [2.24, 2.45) is 0 Å². The average Bonchev–Trinajstić information content (AvgIpc) is 2.40. The molecule has 0 radical (unpaired) electrons. The molecule has 0 aliphatic rings. The van der Waals surface area contributed by atoms with Gasteiger partial charge in [-0.05, 0) is 49.9 Å². The first-order chi connectivity index (χ1) is 9.94. The van der Waals surface area contributed by atoms with Crippen molar-refractivity contribution >= 4 is 0 Å². The van der Waals surface area contributed by atoms with Crippen LogP contribution in [0.1, 0.15) is 45.1 Å². The normalized spacial score (nSPS) is 13.2. The van der Waals surface area contributed by atoms with E-state index in [0.29, 0.717) is 6.04 Å². The van der Waals surface area contributed by atoms with Gasteiger partial charge in [0.1, 0.15) is 5.75 Å². The first-order valence-electron chi connectivity index (χ1n) is 7.52. The number of halogens is 3. The van der Waals surface area contributed by atoms with E-state index in [-0.39, 0.29) is 5.75 Å². The Bertz CT molecular complexity index is 407. The monoisotopic (exact) mass is 303 g/mol. The molecule has 0 fully saturated rings. The van der Waals surface area contributed by atoms with Crippen molar-refractivity contribution in [1.82, 2.24) is 5.32 Å². The molecule has 120 valence electrons. The Morgan fingerprint density at radius 3 is 2.52 bits per heavy atom. The third-order valence-corrected chi connectivity index (χ3v) is 3.23. The van der Waals surface area contributed by atoms with Crippen LogP contribution in [0.4, 0.5) is 13.2 Å². The van der Waals surface area contributed by atoms with Gasteiger partial charge in [0.2, 0.25) is 0 Å². The molecule has 1 unspecified atom stereocenters. The van der Waals surface area contributed by atoms with E-state index >= 15 is 0 Å². The van der Waals surface area contributed by atoms with Crippen LogP contribution in [-0.4, -0.2) is 18.9 Å². The number of benzene rings is 1. The molecule has 21 heavy (non-hydrogen) atoms. The highest BCUT2D eigenvalue weighted by molar-refractivity contribution is 5.28. The van der Waals surface area contributed by atoms with Crippen LogP contribution < -0.4 is 10.1 Å². The summed E-state index contributed by atoms with van der Waals surface area (Å²) in [6.07, 6.45) is 0.290. The van der Waals surface area contributed by atoms with Crippen molar-refractivity contribution in [2.45, 2.75) is 58.4 Å². The smallest absolute Gasteiger partial charge is 0.406 e. The Morgan fingerprint density at radius 1 is 1.14 bits per heavy atom. The van der Waals surface area contributed by atoms with Crippen LogP contribution in [-0.2, 0) is 6.42 Å². The van der Waals surface area contributed by atoms with Crippen molar-refractivity contribution < 1.29 is 17.9 Å². The molecule has 0 saturated carbocycles. The minimum Gasteiger partial charge on any atom is -0.406 e. The first-order valence-corrected chi connectivity index (χ1v) is 7.52. The number of hydrogen-bond acceptors (Lipinski definition) is 2. The lowest BCUT2D eigenvalue weighted by molar-refractivity contribution is -0.274. The first kappa shape index (κ1) is 17.8. The van der Waals surface area contributed by atoms with Gasteiger partial charge in [0.05, 0.1) is 0 Å². The molecule has 1 atom stereocenters. The Balaban J connectivity index is 2.55. The van der Waals surface area contributed by atoms with Crippen LogP contribution in [0.15, 0.2) is 24.3 Å². The Labute approximate surface area is 124 Å². The van der Waals surface area contributed by atoms with E-state index < -0.39 is 6.36 Å². The van der Waals surface area contributed by atoms with Crippen LogP contribution >= 0.6 is 0 Å². The molecule has 2 nitrogen and oxygen atoms in total. The Hall–Kier alpha value is -1.23. The van der Waals surface area contributed by atoms with Crippen LogP contribution in [0, 0.1) is 0 Å².